The molecule has 0 aromatic carbocycles. The molecule has 1 unspecified atom stereocenters. The average molecular weight is 482 g/mol. The maximum atomic E-state index is 12.1. The number of likely N-dealkylation sites (tertiary alicyclic amines) is 1. The van der Waals surface area contributed by atoms with Crippen molar-refractivity contribution in [3.8, 4) is 0 Å². The number of thiazole rings is 1. The number of hydrogen-bond acceptors (Lipinski definition) is 6. The summed E-state index contributed by atoms with van der Waals surface area (Å²) in [5.41, 5.74) is 8.34. The summed E-state index contributed by atoms with van der Waals surface area (Å²) in [5.74, 6) is 0.616. The third kappa shape index (κ3) is 5.84. The van der Waals surface area contributed by atoms with Crippen LogP contribution in [-0.4, -0.2) is 39.8 Å². The van der Waals surface area contributed by atoms with Gasteiger partial charge in [-0.15, -0.1) is 11.3 Å². The maximum absolute atomic E-state index is 12.1. The van der Waals surface area contributed by atoms with Crippen molar-refractivity contribution in [2.24, 2.45) is 5.92 Å². The molecule has 0 radical (unpaired) electrons. The van der Waals surface area contributed by atoms with E-state index in [1.54, 1.807) is 11.0 Å². The topological polar surface area (TPSA) is 101 Å². The monoisotopic (exact) mass is 481 g/mol. The zero-order chi connectivity index (χ0) is 24.1. The Morgan fingerprint density at radius 1 is 1.26 bits per heavy atom. The molecule has 2 aromatic heterocycles. The molecule has 3 N–H and O–H groups in total. The van der Waals surface area contributed by atoms with Gasteiger partial charge in [-0.05, 0) is 68.6 Å². The van der Waals surface area contributed by atoms with E-state index in [9.17, 15) is 9.59 Å². The first-order valence-corrected chi connectivity index (χ1v) is 13.3. The number of nitrogens with one attached hydrogen (secondary N) is 1. The standard InChI is InChI=1S/C15H22N4O2.C11H13NS/c1-3-11-7-12(8-17-13(11)16)18-14(20)15(21)19-6-4-5-10(2)9-19;1-2-7-10-9(6-1)12-11(13-10)8-4-3-5-8/h7-8,10H,3-6,9H2,1-2H3,(H2,16,17)(H,18,20);1,6,8H,2-5,7H2. The van der Waals surface area contributed by atoms with Gasteiger partial charge in [0.1, 0.15) is 5.82 Å². The van der Waals surface area contributed by atoms with Gasteiger partial charge in [0, 0.05) is 23.9 Å². The molecule has 5 rings (SSSR count). The largest absolute Gasteiger partial charge is 0.383 e. The summed E-state index contributed by atoms with van der Waals surface area (Å²) in [6.45, 7) is 5.34. The molecule has 1 saturated heterocycles. The molecule has 3 heterocycles. The van der Waals surface area contributed by atoms with Crippen molar-refractivity contribution in [3.05, 3.63) is 39.5 Å². The highest BCUT2D eigenvalue weighted by molar-refractivity contribution is 7.12. The van der Waals surface area contributed by atoms with Crippen molar-refractivity contribution in [2.75, 3.05) is 24.1 Å². The number of aryl methyl sites for hydroxylation is 2. The molecule has 182 valence electrons. The lowest BCUT2D eigenvalue weighted by Crippen LogP contribution is -2.44. The highest BCUT2D eigenvalue weighted by Crippen LogP contribution is 2.40. The van der Waals surface area contributed by atoms with E-state index in [0.717, 1.165) is 30.7 Å². The molecule has 2 fully saturated rings. The molecule has 8 heteroatoms. The predicted molar refractivity (Wildman–Crippen MR) is 138 cm³/mol. The number of carbonyl (C=O) groups is 2. The summed E-state index contributed by atoms with van der Waals surface area (Å²) in [5, 5.41) is 4.01. The van der Waals surface area contributed by atoms with E-state index in [2.05, 4.69) is 29.4 Å². The maximum Gasteiger partial charge on any atom is 0.313 e. The molecule has 1 aliphatic heterocycles. The zero-order valence-electron chi connectivity index (χ0n) is 20.2. The molecule has 0 bridgehead atoms. The number of anilines is 2. The molecule has 2 aliphatic carbocycles. The van der Waals surface area contributed by atoms with Crippen LogP contribution in [0.1, 0.15) is 79.4 Å². The fourth-order valence-electron chi connectivity index (χ4n) is 4.51. The third-order valence-electron chi connectivity index (χ3n) is 6.79. The minimum absolute atomic E-state index is 0.445. The van der Waals surface area contributed by atoms with Crippen LogP contribution in [-0.2, 0) is 22.4 Å². The van der Waals surface area contributed by atoms with Gasteiger partial charge in [0.15, 0.2) is 0 Å². The van der Waals surface area contributed by atoms with Gasteiger partial charge < -0.3 is 16.0 Å². The highest BCUT2D eigenvalue weighted by atomic mass is 32.1. The van der Waals surface area contributed by atoms with Crippen molar-refractivity contribution in [1.29, 1.82) is 0 Å². The number of hydrogen-bond donors (Lipinski definition) is 2. The van der Waals surface area contributed by atoms with Crippen LogP contribution in [0.15, 0.2) is 18.3 Å². The molecule has 1 saturated carbocycles. The number of carbonyl (C=O) groups excluding carboxylic acids is 2. The SMILES string of the molecule is C1=Cc2nc(C3CCC3)sc2CC1.CCc1cc(NC(=O)C(=O)N2CCCC(C)C2)cnc1N. The Kier molecular flexibility index (Phi) is 7.98. The van der Waals surface area contributed by atoms with Crippen LogP contribution >= 0.6 is 11.3 Å². The van der Waals surface area contributed by atoms with Gasteiger partial charge in [-0.3, -0.25) is 9.59 Å². The Morgan fingerprint density at radius 2 is 2.09 bits per heavy atom. The van der Waals surface area contributed by atoms with Gasteiger partial charge in [0.05, 0.1) is 22.6 Å². The zero-order valence-corrected chi connectivity index (χ0v) is 21.0. The van der Waals surface area contributed by atoms with Crippen LogP contribution in [0, 0.1) is 5.92 Å². The summed E-state index contributed by atoms with van der Waals surface area (Å²) in [4.78, 5) is 36.0. The second kappa shape index (κ2) is 11.1. The van der Waals surface area contributed by atoms with E-state index in [1.807, 2.05) is 18.3 Å². The van der Waals surface area contributed by atoms with Crippen molar-refractivity contribution < 1.29 is 9.59 Å². The Hall–Kier alpha value is -2.74. The number of nitrogen functional groups attached to an aromatic ring is 1. The van der Waals surface area contributed by atoms with Crippen LogP contribution in [0.25, 0.3) is 6.08 Å². The fraction of sp³-hybridized carbons (Fsp3) is 0.538. The molecule has 1 atom stereocenters. The van der Waals surface area contributed by atoms with E-state index in [4.69, 9.17) is 10.7 Å². The van der Waals surface area contributed by atoms with Crippen LogP contribution in [0.2, 0.25) is 0 Å². The lowest BCUT2D eigenvalue weighted by atomic mass is 9.86. The Morgan fingerprint density at radius 3 is 2.76 bits per heavy atom. The second-order valence-corrected chi connectivity index (χ2v) is 10.6. The van der Waals surface area contributed by atoms with Crippen LogP contribution < -0.4 is 11.1 Å². The summed E-state index contributed by atoms with van der Waals surface area (Å²) in [6.07, 6.45) is 15.3. The number of allylic oxidation sites excluding steroid dienone is 1. The number of aromatic nitrogens is 2. The van der Waals surface area contributed by atoms with Crippen molar-refractivity contribution in [2.45, 2.75) is 71.1 Å². The minimum Gasteiger partial charge on any atom is -0.383 e. The molecule has 34 heavy (non-hydrogen) atoms. The fourth-order valence-corrected chi connectivity index (χ4v) is 5.74. The van der Waals surface area contributed by atoms with Gasteiger partial charge in [0.25, 0.3) is 0 Å². The normalized spacial score (nSPS) is 19.5. The number of piperidine rings is 1. The van der Waals surface area contributed by atoms with Crippen LogP contribution in [0.5, 0.6) is 0 Å². The summed E-state index contributed by atoms with van der Waals surface area (Å²) >= 11 is 1.96. The van der Waals surface area contributed by atoms with E-state index in [0.29, 0.717) is 30.5 Å². The van der Waals surface area contributed by atoms with Crippen molar-refractivity contribution in [3.63, 3.8) is 0 Å². The molecular formula is C26H35N5O2S. The van der Waals surface area contributed by atoms with Gasteiger partial charge in [-0.1, -0.05) is 26.3 Å². The molecule has 7 nitrogen and oxygen atoms in total. The van der Waals surface area contributed by atoms with E-state index in [1.165, 1.54) is 53.9 Å². The van der Waals surface area contributed by atoms with Gasteiger partial charge in [-0.25, -0.2) is 9.97 Å². The first kappa shape index (κ1) is 24.4. The average Bonchev–Trinajstić information content (AvgIpc) is 3.22. The van der Waals surface area contributed by atoms with Crippen molar-refractivity contribution >= 4 is 40.7 Å². The highest BCUT2D eigenvalue weighted by Gasteiger charge is 2.26. The van der Waals surface area contributed by atoms with Gasteiger partial charge >= 0.3 is 11.8 Å². The first-order valence-electron chi connectivity index (χ1n) is 12.4. The number of nitrogens with zero attached hydrogens (tertiary/aromatic N) is 3. The Bertz CT molecular complexity index is 1060. The van der Waals surface area contributed by atoms with E-state index in [-0.39, 0.29) is 0 Å². The van der Waals surface area contributed by atoms with Crippen LogP contribution in [0.3, 0.4) is 0 Å². The summed E-state index contributed by atoms with van der Waals surface area (Å²) in [7, 11) is 0. The molecule has 2 amide bonds. The molecule has 2 aromatic rings. The minimum atomic E-state index is -0.613. The summed E-state index contributed by atoms with van der Waals surface area (Å²) < 4.78 is 0. The number of amides is 2. The van der Waals surface area contributed by atoms with E-state index >= 15 is 0 Å². The summed E-state index contributed by atoms with van der Waals surface area (Å²) in [6, 6.07) is 1.76. The lowest BCUT2D eigenvalue weighted by Gasteiger charge is -2.30. The number of fused-ring (bicyclic) bond motifs is 1. The molecule has 3 aliphatic rings. The predicted octanol–water partition coefficient (Wildman–Crippen LogP) is 4.79. The quantitative estimate of drug-likeness (QED) is 0.614. The Labute approximate surface area is 205 Å². The number of pyridine rings is 1. The van der Waals surface area contributed by atoms with Gasteiger partial charge in [0.2, 0.25) is 0 Å². The number of rotatable bonds is 3. The third-order valence-corrected chi connectivity index (χ3v) is 8.08. The lowest BCUT2D eigenvalue weighted by molar-refractivity contribution is -0.144. The van der Waals surface area contributed by atoms with E-state index < -0.39 is 11.8 Å². The Balaban J connectivity index is 0.000000178. The molecular weight excluding hydrogens is 446 g/mol. The smallest absolute Gasteiger partial charge is 0.313 e. The van der Waals surface area contributed by atoms with Crippen LogP contribution in [0.4, 0.5) is 11.5 Å². The van der Waals surface area contributed by atoms with Gasteiger partial charge in [-0.2, -0.15) is 0 Å². The van der Waals surface area contributed by atoms with Crippen molar-refractivity contribution in [1.82, 2.24) is 14.9 Å². The number of nitrogens with two attached hydrogens (primary N) is 1. The molecule has 0 spiro atoms. The second-order valence-electron chi connectivity index (χ2n) is 9.50. The first-order chi connectivity index (χ1) is 16.4.